The highest BCUT2D eigenvalue weighted by Gasteiger charge is 2.20. The van der Waals surface area contributed by atoms with Crippen LogP contribution in [0.3, 0.4) is 0 Å². The molecular formula is C16H25N. The summed E-state index contributed by atoms with van der Waals surface area (Å²) in [5.41, 5.74) is 4.46. The van der Waals surface area contributed by atoms with Crippen molar-refractivity contribution in [3.05, 3.63) is 34.9 Å². The van der Waals surface area contributed by atoms with Crippen LogP contribution in [0.15, 0.2) is 18.2 Å². The largest absolute Gasteiger partial charge is 0.314 e. The van der Waals surface area contributed by atoms with Crippen LogP contribution in [0.1, 0.15) is 42.9 Å². The Morgan fingerprint density at radius 3 is 2.47 bits per heavy atom. The van der Waals surface area contributed by atoms with Gasteiger partial charge in [-0.3, -0.25) is 0 Å². The summed E-state index contributed by atoms with van der Waals surface area (Å²) in [6, 6.07) is 7.47. The van der Waals surface area contributed by atoms with Crippen LogP contribution in [-0.2, 0) is 6.42 Å². The Bertz CT molecular complexity index is 346. The van der Waals surface area contributed by atoms with Crippen LogP contribution in [0, 0.1) is 19.8 Å². The van der Waals surface area contributed by atoms with Crippen LogP contribution in [0.25, 0.3) is 0 Å². The molecule has 0 saturated heterocycles. The van der Waals surface area contributed by atoms with Gasteiger partial charge in [-0.1, -0.05) is 25.1 Å². The van der Waals surface area contributed by atoms with E-state index >= 15 is 0 Å². The maximum Gasteiger partial charge on any atom is 0.00683 e. The number of aryl methyl sites for hydroxylation is 2. The van der Waals surface area contributed by atoms with Gasteiger partial charge in [0, 0.05) is 6.04 Å². The molecule has 17 heavy (non-hydrogen) atoms. The molecule has 1 nitrogen and oxygen atoms in total. The molecule has 1 aliphatic carbocycles. The summed E-state index contributed by atoms with van der Waals surface area (Å²) in [6.07, 6.45) is 5.31. The molecule has 0 bridgehead atoms. The molecule has 0 spiro atoms. The van der Waals surface area contributed by atoms with Crippen molar-refractivity contribution in [2.45, 2.75) is 52.5 Å². The SMILES string of the molecule is Cc1cccc(C)c1CCC(C)CNC1CC1. The third-order valence-electron chi connectivity index (χ3n) is 3.86. The van der Waals surface area contributed by atoms with E-state index in [-0.39, 0.29) is 0 Å². The molecule has 1 saturated carbocycles. The maximum absolute atomic E-state index is 3.62. The van der Waals surface area contributed by atoms with Gasteiger partial charge in [0.25, 0.3) is 0 Å². The summed E-state index contributed by atoms with van der Waals surface area (Å²) in [7, 11) is 0. The van der Waals surface area contributed by atoms with Gasteiger partial charge in [0.1, 0.15) is 0 Å². The van der Waals surface area contributed by atoms with Gasteiger partial charge in [-0.05, 0) is 68.7 Å². The quantitative estimate of drug-likeness (QED) is 0.788. The molecule has 1 N–H and O–H groups in total. The first-order valence-corrected chi connectivity index (χ1v) is 6.95. The smallest absolute Gasteiger partial charge is 0.00683 e. The highest BCUT2D eigenvalue weighted by molar-refractivity contribution is 5.33. The van der Waals surface area contributed by atoms with E-state index < -0.39 is 0 Å². The van der Waals surface area contributed by atoms with Crippen molar-refractivity contribution in [1.82, 2.24) is 5.32 Å². The lowest BCUT2D eigenvalue weighted by atomic mass is 9.94. The van der Waals surface area contributed by atoms with Crippen LogP contribution < -0.4 is 5.32 Å². The van der Waals surface area contributed by atoms with Gasteiger partial charge in [0.2, 0.25) is 0 Å². The van der Waals surface area contributed by atoms with Gasteiger partial charge in [-0.2, -0.15) is 0 Å². The second kappa shape index (κ2) is 5.68. The number of hydrogen-bond acceptors (Lipinski definition) is 1. The minimum Gasteiger partial charge on any atom is -0.314 e. The lowest BCUT2D eigenvalue weighted by molar-refractivity contribution is 0.479. The predicted molar refractivity (Wildman–Crippen MR) is 74.4 cm³/mol. The Hall–Kier alpha value is -0.820. The molecule has 1 aliphatic rings. The zero-order valence-corrected chi connectivity index (χ0v) is 11.4. The van der Waals surface area contributed by atoms with Crippen molar-refractivity contribution in [2.75, 3.05) is 6.54 Å². The molecule has 0 amide bonds. The second-order valence-electron chi connectivity index (χ2n) is 5.70. The van der Waals surface area contributed by atoms with E-state index in [1.807, 2.05) is 0 Å². The third-order valence-corrected chi connectivity index (χ3v) is 3.86. The molecule has 2 rings (SSSR count). The zero-order chi connectivity index (χ0) is 12.3. The molecule has 0 aromatic heterocycles. The Morgan fingerprint density at radius 1 is 1.24 bits per heavy atom. The van der Waals surface area contributed by atoms with Gasteiger partial charge in [0.15, 0.2) is 0 Å². The molecule has 1 fully saturated rings. The zero-order valence-electron chi connectivity index (χ0n) is 11.4. The fraction of sp³-hybridized carbons (Fsp3) is 0.625. The predicted octanol–water partition coefficient (Wildman–Crippen LogP) is 3.62. The van der Waals surface area contributed by atoms with E-state index in [2.05, 4.69) is 44.3 Å². The number of nitrogens with one attached hydrogen (secondary N) is 1. The molecular weight excluding hydrogens is 206 g/mol. The first-order chi connectivity index (χ1) is 8.16. The van der Waals surface area contributed by atoms with Gasteiger partial charge in [0.05, 0.1) is 0 Å². The molecule has 0 radical (unpaired) electrons. The van der Waals surface area contributed by atoms with Gasteiger partial charge >= 0.3 is 0 Å². The minimum absolute atomic E-state index is 0.787. The molecule has 1 aromatic carbocycles. The summed E-state index contributed by atoms with van der Waals surface area (Å²) in [6.45, 7) is 8.02. The highest BCUT2D eigenvalue weighted by Crippen LogP contribution is 2.20. The molecule has 1 atom stereocenters. The van der Waals surface area contributed by atoms with Crippen LogP contribution in [0.4, 0.5) is 0 Å². The summed E-state index contributed by atoms with van der Waals surface area (Å²) in [4.78, 5) is 0. The van der Waals surface area contributed by atoms with Crippen LogP contribution in [0.5, 0.6) is 0 Å². The van der Waals surface area contributed by atoms with E-state index in [4.69, 9.17) is 0 Å². The van der Waals surface area contributed by atoms with Crippen molar-refractivity contribution in [3.63, 3.8) is 0 Å². The Morgan fingerprint density at radius 2 is 1.88 bits per heavy atom. The second-order valence-corrected chi connectivity index (χ2v) is 5.70. The summed E-state index contributed by atoms with van der Waals surface area (Å²) < 4.78 is 0. The number of hydrogen-bond donors (Lipinski definition) is 1. The topological polar surface area (TPSA) is 12.0 Å². The van der Waals surface area contributed by atoms with Gasteiger partial charge in [-0.15, -0.1) is 0 Å². The van der Waals surface area contributed by atoms with Crippen LogP contribution >= 0.6 is 0 Å². The molecule has 1 unspecified atom stereocenters. The Labute approximate surface area is 106 Å². The van der Waals surface area contributed by atoms with Gasteiger partial charge < -0.3 is 5.32 Å². The average Bonchev–Trinajstić information content (AvgIpc) is 3.09. The number of rotatable bonds is 6. The standard InChI is InChI=1S/C16H25N/c1-12(11-17-15-8-9-15)7-10-16-13(2)5-4-6-14(16)3/h4-6,12,15,17H,7-11H2,1-3H3. The Balaban J connectivity index is 1.79. The van der Waals surface area contributed by atoms with Crippen molar-refractivity contribution < 1.29 is 0 Å². The van der Waals surface area contributed by atoms with E-state index in [1.165, 1.54) is 43.4 Å². The van der Waals surface area contributed by atoms with Crippen LogP contribution in [0.2, 0.25) is 0 Å². The molecule has 1 aromatic rings. The summed E-state index contributed by atoms with van der Waals surface area (Å²) >= 11 is 0. The third kappa shape index (κ3) is 3.85. The molecule has 0 aliphatic heterocycles. The fourth-order valence-corrected chi connectivity index (χ4v) is 2.39. The first-order valence-electron chi connectivity index (χ1n) is 6.95. The summed E-state index contributed by atoms with van der Waals surface area (Å²) in [5, 5.41) is 3.62. The van der Waals surface area contributed by atoms with E-state index in [0.29, 0.717) is 0 Å². The van der Waals surface area contributed by atoms with Gasteiger partial charge in [-0.25, -0.2) is 0 Å². The summed E-state index contributed by atoms with van der Waals surface area (Å²) in [5.74, 6) is 0.787. The Kier molecular flexibility index (Phi) is 4.22. The average molecular weight is 231 g/mol. The van der Waals surface area contributed by atoms with Crippen molar-refractivity contribution >= 4 is 0 Å². The monoisotopic (exact) mass is 231 g/mol. The molecule has 94 valence electrons. The van der Waals surface area contributed by atoms with Crippen molar-refractivity contribution in [3.8, 4) is 0 Å². The maximum atomic E-state index is 3.62. The van der Waals surface area contributed by atoms with E-state index in [1.54, 1.807) is 5.56 Å². The normalized spacial score (nSPS) is 17.1. The van der Waals surface area contributed by atoms with Crippen LogP contribution in [-0.4, -0.2) is 12.6 Å². The lowest BCUT2D eigenvalue weighted by Gasteiger charge is -2.14. The van der Waals surface area contributed by atoms with E-state index in [0.717, 1.165) is 12.0 Å². The number of benzene rings is 1. The first kappa shape index (κ1) is 12.6. The van der Waals surface area contributed by atoms with Crippen molar-refractivity contribution in [2.24, 2.45) is 5.92 Å². The minimum atomic E-state index is 0.787. The lowest BCUT2D eigenvalue weighted by Crippen LogP contribution is -2.23. The van der Waals surface area contributed by atoms with E-state index in [9.17, 15) is 0 Å². The highest BCUT2D eigenvalue weighted by atomic mass is 14.9. The molecule has 1 heteroatoms. The van der Waals surface area contributed by atoms with Crippen molar-refractivity contribution in [1.29, 1.82) is 0 Å². The fourth-order valence-electron chi connectivity index (χ4n) is 2.39. The molecule has 0 heterocycles.